The number of hydrogen-bond acceptors (Lipinski definition) is 5. The second-order valence-corrected chi connectivity index (χ2v) is 7.83. The first-order chi connectivity index (χ1) is 14.2. The van der Waals surface area contributed by atoms with E-state index in [1.807, 2.05) is 54.6 Å². The third kappa shape index (κ3) is 3.39. The number of ether oxygens (including phenoxy) is 1. The lowest BCUT2D eigenvalue weighted by Crippen LogP contribution is -2.15. The molecule has 1 N–H and O–H groups in total. The molecule has 0 bridgehead atoms. The van der Waals surface area contributed by atoms with E-state index in [4.69, 9.17) is 4.74 Å². The van der Waals surface area contributed by atoms with Gasteiger partial charge in [0, 0.05) is 16.8 Å². The van der Waals surface area contributed by atoms with Crippen LogP contribution in [0, 0.1) is 0 Å². The molecule has 0 radical (unpaired) electrons. The molecule has 5 rings (SSSR count). The third-order valence-electron chi connectivity index (χ3n) is 4.86. The van der Waals surface area contributed by atoms with Crippen LogP contribution in [0.4, 0.5) is 5.69 Å². The molecule has 0 fully saturated rings. The number of carbonyl (C=O) groups excluding carboxylic acids is 2. The van der Waals surface area contributed by atoms with Crippen LogP contribution in [0.5, 0.6) is 0 Å². The molecule has 6 heteroatoms. The number of benzene rings is 3. The summed E-state index contributed by atoms with van der Waals surface area (Å²) in [7, 11) is 0. The van der Waals surface area contributed by atoms with Crippen molar-refractivity contribution in [2.24, 2.45) is 0 Å². The minimum atomic E-state index is -0.541. The topological polar surface area (TPSA) is 68.3 Å². The fraction of sp³-hybridized carbons (Fsp3) is 0.0870. The molecule has 1 atom stereocenters. The molecule has 1 amide bonds. The van der Waals surface area contributed by atoms with Gasteiger partial charge in [0.05, 0.1) is 22.2 Å². The van der Waals surface area contributed by atoms with E-state index in [0.29, 0.717) is 11.3 Å². The van der Waals surface area contributed by atoms with Crippen molar-refractivity contribution in [3.63, 3.8) is 0 Å². The van der Waals surface area contributed by atoms with Crippen molar-refractivity contribution < 1.29 is 14.3 Å². The van der Waals surface area contributed by atoms with E-state index in [1.165, 1.54) is 0 Å². The SMILES string of the molecule is O=C(C[C@H]1OC(=O)c2ccccc21)Nc1ccc(-c2nc3ccccc3s2)cc1. The maximum Gasteiger partial charge on any atom is 0.339 e. The monoisotopic (exact) mass is 400 g/mol. The molecule has 2 heterocycles. The molecule has 1 aliphatic heterocycles. The molecule has 0 unspecified atom stereocenters. The average molecular weight is 400 g/mol. The Balaban J connectivity index is 1.28. The molecule has 0 spiro atoms. The number of nitrogens with zero attached hydrogens (tertiary/aromatic N) is 1. The molecule has 5 nitrogen and oxygen atoms in total. The van der Waals surface area contributed by atoms with Gasteiger partial charge >= 0.3 is 5.97 Å². The van der Waals surface area contributed by atoms with Gasteiger partial charge in [-0.3, -0.25) is 4.79 Å². The Morgan fingerprint density at radius 1 is 1.00 bits per heavy atom. The van der Waals surface area contributed by atoms with Crippen molar-refractivity contribution in [3.8, 4) is 10.6 Å². The van der Waals surface area contributed by atoms with Gasteiger partial charge in [0.15, 0.2) is 0 Å². The van der Waals surface area contributed by atoms with Crippen LogP contribution in [-0.2, 0) is 9.53 Å². The highest BCUT2D eigenvalue weighted by atomic mass is 32.1. The highest BCUT2D eigenvalue weighted by molar-refractivity contribution is 7.21. The summed E-state index contributed by atoms with van der Waals surface area (Å²) in [4.78, 5) is 29.0. The quantitative estimate of drug-likeness (QED) is 0.478. The van der Waals surface area contributed by atoms with Crippen molar-refractivity contribution in [2.75, 3.05) is 5.32 Å². The Labute approximate surface area is 171 Å². The number of para-hydroxylation sites is 1. The third-order valence-corrected chi connectivity index (χ3v) is 5.94. The minimum Gasteiger partial charge on any atom is -0.453 e. The summed E-state index contributed by atoms with van der Waals surface area (Å²) in [6.07, 6.45) is -0.455. The number of rotatable bonds is 4. The summed E-state index contributed by atoms with van der Waals surface area (Å²) in [5.41, 5.74) is 3.97. The van der Waals surface area contributed by atoms with Gasteiger partial charge in [0.25, 0.3) is 0 Å². The predicted octanol–water partition coefficient (Wildman–Crippen LogP) is 5.20. The van der Waals surface area contributed by atoms with Crippen molar-refractivity contribution >= 4 is 39.1 Å². The fourth-order valence-corrected chi connectivity index (χ4v) is 4.41. The second kappa shape index (κ2) is 7.14. The van der Waals surface area contributed by atoms with Crippen molar-refractivity contribution in [1.29, 1.82) is 0 Å². The van der Waals surface area contributed by atoms with Crippen LogP contribution in [0.25, 0.3) is 20.8 Å². The standard InChI is InChI=1S/C23H16N2O3S/c26-21(13-19-16-5-1-2-6-17(16)23(27)28-19)24-15-11-9-14(10-12-15)22-25-18-7-3-4-8-20(18)29-22/h1-12,19H,13H2,(H,24,26)/t19-/m1/s1. The zero-order valence-corrected chi connectivity index (χ0v) is 16.1. The number of nitrogens with one attached hydrogen (secondary N) is 1. The average Bonchev–Trinajstić information content (AvgIpc) is 3.30. The van der Waals surface area contributed by atoms with Gasteiger partial charge in [-0.2, -0.15) is 0 Å². The van der Waals surface area contributed by atoms with Crippen LogP contribution in [0.3, 0.4) is 0 Å². The molecule has 0 saturated heterocycles. The van der Waals surface area contributed by atoms with E-state index in [-0.39, 0.29) is 18.3 Å². The number of amides is 1. The zero-order valence-electron chi connectivity index (χ0n) is 15.3. The lowest BCUT2D eigenvalue weighted by molar-refractivity contribution is -0.118. The number of anilines is 1. The fourth-order valence-electron chi connectivity index (χ4n) is 3.44. The van der Waals surface area contributed by atoms with Crippen molar-refractivity contribution in [2.45, 2.75) is 12.5 Å². The molecular weight excluding hydrogens is 384 g/mol. The Kier molecular flexibility index (Phi) is 4.33. The Hall–Kier alpha value is -3.51. The van der Waals surface area contributed by atoms with E-state index < -0.39 is 6.10 Å². The number of carbonyl (C=O) groups is 2. The summed E-state index contributed by atoms with van der Waals surface area (Å²) in [5.74, 6) is -0.578. The van der Waals surface area contributed by atoms with E-state index in [9.17, 15) is 9.59 Å². The van der Waals surface area contributed by atoms with Gasteiger partial charge in [-0.25, -0.2) is 9.78 Å². The molecule has 3 aromatic carbocycles. The van der Waals surface area contributed by atoms with Crippen molar-refractivity contribution in [3.05, 3.63) is 83.9 Å². The Morgan fingerprint density at radius 2 is 1.76 bits per heavy atom. The summed E-state index contributed by atoms with van der Waals surface area (Å²) in [6.45, 7) is 0. The molecule has 29 heavy (non-hydrogen) atoms. The summed E-state index contributed by atoms with van der Waals surface area (Å²) >= 11 is 1.64. The van der Waals surface area contributed by atoms with Crippen LogP contribution in [0.1, 0.15) is 28.4 Å². The molecule has 0 aliphatic carbocycles. The highest BCUT2D eigenvalue weighted by Crippen LogP contribution is 2.33. The molecular formula is C23H16N2O3S. The van der Waals surface area contributed by atoms with Gasteiger partial charge in [0.1, 0.15) is 11.1 Å². The van der Waals surface area contributed by atoms with Gasteiger partial charge in [0.2, 0.25) is 5.91 Å². The molecule has 1 aliphatic rings. The zero-order chi connectivity index (χ0) is 19.8. The number of cyclic esters (lactones) is 1. The number of fused-ring (bicyclic) bond motifs is 2. The maximum absolute atomic E-state index is 12.4. The van der Waals surface area contributed by atoms with Crippen LogP contribution < -0.4 is 5.32 Å². The lowest BCUT2D eigenvalue weighted by atomic mass is 10.0. The summed E-state index contributed by atoms with van der Waals surface area (Å²) < 4.78 is 6.48. The first kappa shape index (κ1) is 17.6. The minimum absolute atomic E-state index is 0.0857. The molecule has 4 aromatic rings. The van der Waals surface area contributed by atoms with Gasteiger partial charge in [-0.05, 0) is 42.5 Å². The number of aromatic nitrogens is 1. The first-order valence-electron chi connectivity index (χ1n) is 9.23. The smallest absolute Gasteiger partial charge is 0.339 e. The van der Waals surface area contributed by atoms with Crippen LogP contribution >= 0.6 is 11.3 Å². The van der Waals surface area contributed by atoms with E-state index in [2.05, 4.69) is 16.4 Å². The number of thiazole rings is 1. The maximum atomic E-state index is 12.4. The predicted molar refractivity (Wildman–Crippen MR) is 113 cm³/mol. The number of hydrogen-bond donors (Lipinski definition) is 1. The summed E-state index contributed by atoms with van der Waals surface area (Å²) in [5, 5.41) is 3.82. The molecule has 142 valence electrons. The molecule has 0 saturated carbocycles. The van der Waals surface area contributed by atoms with Crippen LogP contribution in [0.2, 0.25) is 0 Å². The van der Waals surface area contributed by atoms with Crippen LogP contribution in [-0.4, -0.2) is 16.9 Å². The van der Waals surface area contributed by atoms with Crippen LogP contribution in [0.15, 0.2) is 72.8 Å². The highest BCUT2D eigenvalue weighted by Gasteiger charge is 2.32. The second-order valence-electron chi connectivity index (χ2n) is 6.80. The first-order valence-corrected chi connectivity index (χ1v) is 10.0. The summed E-state index contributed by atoms with van der Waals surface area (Å²) in [6, 6.07) is 22.8. The largest absolute Gasteiger partial charge is 0.453 e. The molecule has 1 aromatic heterocycles. The van der Waals surface area contributed by atoms with Gasteiger partial charge in [-0.15, -0.1) is 11.3 Å². The Bertz CT molecular complexity index is 1200. The lowest BCUT2D eigenvalue weighted by Gasteiger charge is -2.11. The van der Waals surface area contributed by atoms with E-state index in [0.717, 1.165) is 26.4 Å². The van der Waals surface area contributed by atoms with Crippen molar-refractivity contribution in [1.82, 2.24) is 4.98 Å². The normalized spacial score (nSPS) is 15.2. The van der Waals surface area contributed by atoms with E-state index >= 15 is 0 Å². The van der Waals surface area contributed by atoms with Gasteiger partial charge in [-0.1, -0.05) is 30.3 Å². The van der Waals surface area contributed by atoms with Gasteiger partial charge < -0.3 is 10.1 Å². The number of esters is 1. The Morgan fingerprint density at radius 3 is 2.59 bits per heavy atom. The van der Waals surface area contributed by atoms with E-state index in [1.54, 1.807) is 23.5 Å².